The van der Waals surface area contributed by atoms with E-state index in [0.717, 1.165) is 62.9 Å². The van der Waals surface area contributed by atoms with Gasteiger partial charge in [0.05, 0.1) is 12.3 Å². The lowest BCUT2D eigenvalue weighted by Crippen LogP contribution is -2.49. The van der Waals surface area contributed by atoms with Gasteiger partial charge >= 0.3 is 0 Å². The molecule has 35 heavy (non-hydrogen) atoms. The maximum atomic E-state index is 14.0. The van der Waals surface area contributed by atoms with E-state index in [9.17, 15) is 14.4 Å². The first-order chi connectivity index (χ1) is 16.9. The number of aromatic nitrogens is 1. The number of hydrogen-bond donors (Lipinski definition) is 3. The van der Waals surface area contributed by atoms with Gasteiger partial charge in [-0.05, 0) is 61.8 Å². The van der Waals surface area contributed by atoms with Gasteiger partial charge in [0.25, 0.3) is 11.8 Å². The van der Waals surface area contributed by atoms with Gasteiger partial charge in [-0.1, -0.05) is 37.8 Å². The number of anilines is 1. The summed E-state index contributed by atoms with van der Waals surface area (Å²) in [4.78, 5) is 41.3. The number of nitrogens with one attached hydrogen (secondary N) is 1. The predicted molar refractivity (Wildman–Crippen MR) is 134 cm³/mol. The highest BCUT2D eigenvalue weighted by atomic mass is 32.1. The van der Waals surface area contributed by atoms with Gasteiger partial charge in [0.2, 0.25) is 5.91 Å². The van der Waals surface area contributed by atoms with Crippen LogP contribution in [0, 0.1) is 0 Å². The molecule has 1 aromatic heterocycles. The summed E-state index contributed by atoms with van der Waals surface area (Å²) in [5, 5.41) is 3.18. The first-order valence-corrected chi connectivity index (χ1v) is 13.1. The minimum Gasteiger partial charge on any atom is -0.494 e. The number of hydrogen-bond acceptors (Lipinski definition) is 7. The summed E-state index contributed by atoms with van der Waals surface area (Å²) in [6.45, 7) is 2.44. The van der Waals surface area contributed by atoms with E-state index in [-0.39, 0.29) is 34.2 Å². The Bertz CT molecular complexity index is 1060. The molecule has 2 aliphatic carbocycles. The van der Waals surface area contributed by atoms with Gasteiger partial charge in [-0.2, -0.15) is 4.37 Å². The Kier molecular flexibility index (Phi) is 7.90. The highest BCUT2D eigenvalue weighted by Gasteiger charge is 2.40. The summed E-state index contributed by atoms with van der Waals surface area (Å²) in [6.07, 6.45) is 7.55. The van der Waals surface area contributed by atoms with Gasteiger partial charge in [-0.25, -0.2) is 0 Å². The Balaban J connectivity index is 1.75. The van der Waals surface area contributed by atoms with E-state index in [1.165, 1.54) is 0 Å². The van der Waals surface area contributed by atoms with Gasteiger partial charge in [-0.3, -0.25) is 14.4 Å². The molecule has 2 fully saturated rings. The maximum absolute atomic E-state index is 14.0. The van der Waals surface area contributed by atoms with Crippen LogP contribution in [0.5, 0.6) is 5.75 Å². The van der Waals surface area contributed by atoms with Crippen molar-refractivity contribution in [1.82, 2.24) is 14.6 Å². The number of rotatable bonds is 9. The number of nitrogen functional groups attached to an aromatic ring is 1. The van der Waals surface area contributed by atoms with E-state index in [1.807, 2.05) is 31.2 Å². The number of amides is 3. The lowest BCUT2D eigenvalue weighted by Gasteiger charge is -2.36. The third-order valence-electron chi connectivity index (χ3n) is 6.84. The largest absolute Gasteiger partial charge is 0.494 e. The summed E-state index contributed by atoms with van der Waals surface area (Å²) in [7, 11) is 0. The van der Waals surface area contributed by atoms with Gasteiger partial charge in [-0.15, -0.1) is 0 Å². The van der Waals surface area contributed by atoms with E-state index in [4.69, 9.17) is 16.2 Å². The van der Waals surface area contributed by atoms with Gasteiger partial charge in [0.15, 0.2) is 5.69 Å². The third-order valence-corrected chi connectivity index (χ3v) is 7.69. The van der Waals surface area contributed by atoms with E-state index >= 15 is 0 Å². The molecule has 0 spiro atoms. The average molecular weight is 500 g/mol. The Morgan fingerprint density at radius 3 is 2.31 bits per heavy atom. The number of ether oxygens (including phenoxy) is 1. The third kappa shape index (κ3) is 5.42. The molecular weight excluding hydrogens is 466 g/mol. The molecule has 2 aromatic rings. The zero-order valence-electron chi connectivity index (χ0n) is 20.0. The fraction of sp³-hybridized carbons (Fsp3) is 0.520. The molecule has 0 aliphatic heterocycles. The molecular formula is C25H33N5O4S. The summed E-state index contributed by atoms with van der Waals surface area (Å²) in [5.74, 6) is -0.700. The van der Waals surface area contributed by atoms with Gasteiger partial charge < -0.3 is 26.4 Å². The molecule has 5 N–H and O–H groups in total. The molecule has 2 saturated carbocycles. The van der Waals surface area contributed by atoms with E-state index < -0.39 is 17.9 Å². The molecule has 4 rings (SSSR count). The van der Waals surface area contributed by atoms with Crippen LogP contribution in [0.2, 0.25) is 0 Å². The Hall–Kier alpha value is -3.14. The number of nitrogens with zero attached hydrogens (tertiary/aromatic N) is 2. The number of carbonyl (C=O) groups is 3. The number of carbonyl (C=O) groups excluding carboxylic acids is 3. The topological polar surface area (TPSA) is 141 Å². The fourth-order valence-corrected chi connectivity index (χ4v) is 5.87. The normalized spacial score (nSPS) is 17.3. The summed E-state index contributed by atoms with van der Waals surface area (Å²) < 4.78 is 9.59. The monoisotopic (exact) mass is 499 g/mol. The standard InChI is InChI=1S/C25H33N5O4S/c1-2-34-18-13-11-15(12-14-18)21(24(32)28-16-7-3-4-8-16)30(17-9-5-6-10-17)25(33)22-19(26)20(23(27)31)29-35-22/h11-14,16-17,21H,2-10,26H2,1H3,(H2,27,31)(H,28,32)/t21-/m0/s1. The van der Waals surface area contributed by atoms with Crippen molar-refractivity contribution < 1.29 is 19.1 Å². The SMILES string of the molecule is CCOc1ccc([C@@H](C(=O)NC2CCCC2)N(C(=O)c2snc(C(N)=O)c2N)C2CCCC2)cc1. The van der Waals surface area contributed by atoms with Crippen molar-refractivity contribution in [3.63, 3.8) is 0 Å². The van der Waals surface area contributed by atoms with Crippen molar-refractivity contribution in [3.8, 4) is 5.75 Å². The molecule has 0 unspecified atom stereocenters. The van der Waals surface area contributed by atoms with Crippen LogP contribution >= 0.6 is 11.5 Å². The van der Waals surface area contributed by atoms with Crippen molar-refractivity contribution >= 4 is 34.9 Å². The minimum atomic E-state index is -0.847. The Morgan fingerprint density at radius 2 is 1.74 bits per heavy atom. The van der Waals surface area contributed by atoms with Gasteiger partial charge in [0.1, 0.15) is 16.7 Å². The van der Waals surface area contributed by atoms with Crippen LogP contribution in [0.3, 0.4) is 0 Å². The molecule has 0 radical (unpaired) electrons. The molecule has 0 bridgehead atoms. The van der Waals surface area contributed by atoms with Crippen molar-refractivity contribution in [3.05, 3.63) is 40.4 Å². The molecule has 1 aromatic carbocycles. The van der Waals surface area contributed by atoms with E-state index in [2.05, 4.69) is 9.69 Å². The zero-order valence-corrected chi connectivity index (χ0v) is 20.8. The lowest BCUT2D eigenvalue weighted by molar-refractivity contribution is -0.127. The summed E-state index contributed by atoms with van der Waals surface area (Å²) in [6, 6.07) is 6.43. The zero-order chi connectivity index (χ0) is 24.9. The van der Waals surface area contributed by atoms with Crippen LogP contribution in [-0.4, -0.2) is 45.7 Å². The Morgan fingerprint density at radius 1 is 1.11 bits per heavy atom. The lowest BCUT2D eigenvalue weighted by atomic mass is 9.99. The Labute approximate surface area is 209 Å². The molecule has 3 amide bonds. The van der Waals surface area contributed by atoms with Crippen LogP contribution in [-0.2, 0) is 4.79 Å². The number of benzene rings is 1. The highest BCUT2D eigenvalue weighted by Crippen LogP contribution is 2.36. The number of nitrogens with two attached hydrogens (primary N) is 2. The molecule has 188 valence electrons. The first kappa shape index (κ1) is 25.0. The first-order valence-electron chi connectivity index (χ1n) is 12.3. The second kappa shape index (κ2) is 11.1. The second-order valence-electron chi connectivity index (χ2n) is 9.18. The van der Waals surface area contributed by atoms with Gasteiger partial charge in [0, 0.05) is 12.1 Å². The second-order valence-corrected chi connectivity index (χ2v) is 9.96. The van der Waals surface area contributed by atoms with Crippen molar-refractivity contribution in [1.29, 1.82) is 0 Å². The smallest absolute Gasteiger partial charge is 0.270 e. The van der Waals surface area contributed by atoms with Crippen LogP contribution < -0.4 is 21.5 Å². The summed E-state index contributed by atoms with van der Waals surface area (Å²) in [5.41, 5.74) is 12.1. The van der Waals surface area contributed by atoms with Crippen LogP contribution in [0.1, 0.15) is 90.1 Å². The molecule has 1 heterocycles. The van der Waals surface area contributed by atoms with Crippen LogP contribution in [0.25, 0.3) is 0 Å². The van der Waals surface area contributed by atoms with E-state index in [0.29, 0.717) is 17.9 Å². The van der Waals surface area contributed by atoms with Crippen LogP contribution in [0.15, 0.2) is 24.3 Å². The molecule has 1 atom stereocenters. The quantitative estimate of drug-likeness (QED) is 0.483. The van der Waals surface area contributed by atoms with Crippen molar-refractivity contribution in [2.24, 2.45) is 5.73 Å². The average Bonchev–Trinajstić information content (AvgIpc) is 3.60. The summed E-state index contributed by atoms with van der Waals surface area (Å²) >= 11 is 0.847. The minimum absolute atomic E-state index is 0.0304. The fourth-order valence-electron chi connectivity index (χ4n) is 5.12. The molecule has 2 aliphatic rings. The molecule has 10 heteroatoms. The van der Waals surface area contributed by atoms with Crippen molar-refractivity contribution in [2.75, 3.05) is 12.3 Å². The molecule has 9 nitrogen and oxygen atoms in total. The predicted octanol–water partition coefficient (Wildman–Crippen LogP) is 3.41. The van der Waals surface area contributed by atoms with Crippen molar-refractivity contribution in [2.45, 2.75) is 76.4 Å². The highest BCUT2D eigenvalue weighted by molar-refractivity contribution is 7.09. The number of primary amides is 1. The van der Waals surface area contributed by atoms with Crippen LogP contribution in [0.4, 0.5) is 5.69 Å². The van der Waals surface area contributed by atoms with E-state index in [1.54, 1.807) is 4.90 Å². The molecule has 0 saturated heterocycles. The maximum Gasteiger partial charge on any atom is 0.270 e.